The van der Waals surface area contributed by atoms with E-state index in [1.165, 1.54) is 10.9 Å². The van der Waals surface area contributed by atoms with E-state index < -0.39 is 0 Å². The predicted molar refractivity (Wildman–Crippen MR) is 77.5 cm³/mol. The van der Waals surface area contributed by atoms with E-state index in [0.717, 1.165) is 5.56 Å². The minimum absolute atomic E-state index is 0.687. The summed E-state index contributed by atoms with van der Waals surface area (Å²) >= 11 is 12.4. The van der Waals surface area contributed by atoms with Crippen molar-refractivity contribution in [2.75, 3.05) is 0 Å². The summed E-state index contributed by atoms with van der Waals surface area (Å²) in [4.78, 5) is 0. The molecule has 1 heterocycles. The summed E-state index contributed by atoms with van der Waals surface area (Å²) < 4.78 is 2.16. The van der Waals surface area contributed by atoms with Gasteiger partial charge in [-0.3, -0.25) is 0 Å². The predicted octanol–water partition coefficient (Wildman–Crippen LogP) is 5.00. The molecule has 0 aliphatic rings. The summed E-state index contributed by atoms with van der Waals surface area (Å²) in [7, 11) is 0. The Morgan fingerprint density at radius 2 is 1.56 bits per heavy atom. The first-order valence-corrected chi connectivity index (χ1v) is 6.48. The first-order valence-electron chi connectivity index (χ1n) is 5.72. The Labute approximate surface area is 116 Å². The molecule has 0 N–H and O–H groups in total. The van der Waals surface area contributed by atoms with Crippen LogP contribution in [0.25, 0.3) is 10.9 Å². The van der Waals surface area contributed by atoms with Gasteiger partial charge in [0.15, 0.2) is 0 Å². The highest BCUT2D eigenvalue weighted by atomic mass is 35.5. The molecule has 0 spiro atoms. The van der Waals surface area contributed by atoms with Crippen LogP contribution in [0.1, 0.15) is 5.56 Å². The smallest absolute Gasteiger partial charge is 0.0505 e. The van der Waals surface area contributed by atoms with E-state index in [0.29, 0.717) is 16.6 Å². The molecule has 3 rings (SSSR count). The normalized spacial score (nSPS) is 11.0. The summed E-state index contributed by atoms with van der Waals surface area (Å²) in [6.45, 7) is 0.687. The van der Waals surface area contributed by atoms with Crippen molar-refractivity contribution >= 4 is 34.1 Å². The van der Waals surface area contributed by atoms with Gasteiger partial charge in [0.2, 0.25) is 0 Å². The van der Waals surface area contributed by atoms with Crippen LogP contribution in [-0.2, 0) is 6.54 Å². The van der Waals surface area contributed by atoms with E-state index in [1.54, 1.807) is 0 Å². The Morgan fingerprint density at radius 3 is 2.33 bits per heavy atom. The number of nitrogens with zero attached hydrogens (tertiary/aromatic N) is 1. The van der Waals surface area contributed by atoms with Crippen LogP contribution in [0.3, 0.4) is 0 Å². The van der Waals surface area contributed by atoms with E-state index in [4.69, 9.17) is 23.2 Å². The molecule has 0 aliphatic heterocycles. The van der Waals surface area contributed by atoms with Crippen LogP contribution < -0.4 is 0 Å². The summed E-state index contributed by atoms with van der Waals surface area (Å²) in [5.74, 6) is 0. The average molecular weight is 276 g/mol. The van der Waals surface area contributed by atoms with Crippen molar-refractivity contribution in [3.63, 3.8) is 0 Å². The first-order chi connectivity index (χ1) is 8.75. The zero-order valence-electron chi connectivity index (χ0n) is 9.61. The molecule has 90 valence electrons. The Hall–Kier alpha value is -1.44. The molecule has 0 bridgehead atoms. The highest BCUT2D eigenvalue weighted by Gasteiger charge is 2.07. The number of hydrogen-bond acceptors (Lipinski definition) is 0. The summed E-state index contributed by atoms with van der Waals surface area (Å²) in [5, 5.41) is 2.64. The second-order valence-corrected chi connectivity index (χ2v) is 5.02. The molecule has 0 fully saturated rings. The Kier molecular flexibility index (Phi) is 3.02. The minimum atomic E-state index is 0.687. The van der Waals surface area contributed by atoms with Crippen LogP contribution in [0.4, 0.5) is 0 Å². The molecule has 3 aromatic rings. The van der Waals surface area contributed by atoms with E-state index in [-0.39, 0.29) is 0 Å². The van der Waals surface area contributed by atoms with Crippen molar-refractivity contribution < 1.29 is 0 Å². The van der Waals surface area contributed by atoms with Crippen LogP contribution >= 0.6 is 23.2 Å². The third kappa shape index (κ3) is 2.00. The molecule has 0 amide bonds. The molecule has 2 aromatic carbocycles. The first kappa shape index (κ1) is 11.6. The Morgan fingerprint density at radius 1 is 0.833 bits per heavy atom. The molecule has 0 saturated carbocycles. The fourth-order valence-corrected chi connectivity index (χ4v) is 2.65. The molecule has 0 unspecified atom stereocenters. The number of halogens is 2. The van der Waals surface area contributed by atoms with Gasteiger partial charge in [0.05, 0.1) is 6.54 Å². The van der Waals surface area contributed by atoms with Gasteiger partial charge in [0, 0.05) is 27.3 Å². The minimum Gasteiger partial charge on any atom is -0.343 e. The third-order valence-electron chi connectivity index (χ3n) is 3.07. The highest BCUT2D eigenvalue weighted by Crippen LogP contribution is 2.26. The van der Waals surface area contributed by atoms with E-state index in [2.05, 4.69) is 29.0 Å². The summed E-state index contributed by atoms with van der Waals surface area (Å²) in [6.07, 6.45) is 2.06. The second kappa shape index (κ2) is 4.68. The molecular formula is C15H11Cl2N. The topological polar surface area (TPSA) is 4.93 Å². The number of aromatic nitrogens is 1. The zero-order chi connectivity index (χ0) is 12.5. The van der Waals surface area contributed by atoms with Gasteiger partial charge in [-0.15, -0.1) is 0 Å². The molecule has 0 radical (unpaired) electrons. The standard InChI is InChI=1S/C15H11Cl2N/c16-13-5-3-6-14(17)12(13)10-18-9-8-11-4-1-2-7-15(11)18/h1-9H,10H2. The summed E-state index contributed by atoms with van der Waals surface area (Å²) in [6, 6.07) is 16.0. The molecule has 1 aromatic heterocycles. The van der Waals surface area contributed by atoms with E-state index >= 15 is 0 Å². The van der Waals surface area contributed by atoms with Gasteiger partial charge in [-0.25, -0.2) is 0 Å². The number of hydrogen-bond donors (Lipinski definition) is 0. The van der Waals surface area contributed by atoms with E-state index in [1.807, 2.05) is 30.3 Å². The van der Waals surface area contributed by atoms with Crippen LogP contribution in [0.5, 0.6) is 0 Å². The molecular weight excluding hydrogens is 265 g/mol. The maximum absolute atomic E-state index is 6.20. The monoisotopic (exact) mass is 275 g/mol. The van der Waals surface area contributed by atoms with Crippen molar-refractivity contribution in [1.82, 2.24) is 4.57 Å². The lowest BCUT2D eigenvalue weighted by atomic mass is 10.2. The van der Waals surface area contributed by atoms with Crippen molar-refractivity contribution in [3.05, 3.63) is 70.3 Å². The Bertz CT molecular complexity index is 680. The van der Waals surface area contributed by atoms with Crippen molar-refractivity contribution in [2.24, 2.45) is 0 Å². The number of rotatable bonds is 2. The SMILES string of the molecule is Clc1cccc(Cl)c1Cn1ccc2ccccc21. The summed E-state index contributed by atoms with van der Waals surface area (Å²) in [5.41, 5.74) is 2.15. The third-order valence-corrected chi connectivity index (χ3v) is 3.78. The van der Waals surface area contributed by atoms with Gasteiger partial charge in [-0.05, 0) is 29.7 Å². The molecule has 18 heavy (non-hydrogen) atoms. The largest absolute Gasteiger partial charge is 0.343 e. The van der Waals surface area contributed by atoms with E-state index in [9.17, 15) is 0 Å². The van der Waals surface area contributed by atoms with Crippen molar-refractivity contribution in [3.8, 4) is 0 Å². The van der Waals surface area contributed by atoms with Crippen LogP contribution in [-0.4, -0.2) is 4.57 Å². The van der Waals surface area contributed by atoms with Gasteiger partial charge in [0.25, 0.3) is 0 Å². The second-order valence-electron chi connectivity index (χ2n) is 4.20. The van der Waals surface area contributed by atoms with Crippen LogP contribution in [0.15, 0.2) is 54.7 Å². The lowest BCUT2D eigenvalue weighted by Gasteiger charge is -2.09. The number of para-hydroxylation sites is 1. The highest BCUT2D eigenvalue weighted by molar-refractivity contribution is 6.36. The fraction of sp³-hybridized carbons (Fsp3) is 0.0667. The quantitative estimate of drug-likeness (QED) is 0.621. The zero-order valence-corrected chi connectivity index (χ0v) is 11.1. The van der Waals surface area contributed by atoms with Gasteiger partial charge in [-0.2, -0.15) is 0 Å². The van der Waals surface area contributed by atoms with Crippen molar-refractivity contribution in [1.29, 1.82) is 0 Å². The average Bonchev–Trinajstić information content (AvgIpc) is 2.77. The Balaban J connectivity index is 2.07. The maximum Gasteiger partial charge on any atom is 0.0505 e. The number of fused-ring (bicyclic) bond motifs is 1. The molecule has 3 heteroatoms. The van der Waals surface area contributed by atoms with Gasteiger partial charge in [-0.1, -0.05) is 47.5 Å². The van der Waals surface area contributed by atoms with Gasteiger partial charge >= 0.3 is 0 Å². The number of benzene rings is 2. The molecule has 1 nitrogen and oxygen atoms in total. The van der Waals surface area contributed by atoms with Crippen LogP contribution in [0, 0.1) is 0 Å². The van der Waals surface area contributed by atoms with Crippen molar-refractivity contribution in [2.45, 2.75) is 6.54 Å². The molecule has 0 saturated heterocycles. The fourth-order valence-electron chi connectivity index (χ4n) is 2.13. The lowest BCUT2D eigenvalue weighted by Crippen LogP contribution is -1.99. The lowest BCUT2D eigenvalue weighted by molar-refractivity contribution is 0.837. The van der Waals surface area contributed by atoms with Gasteiger partial charge in [0.1, 0.15) is 0 Å². The molecule has 0 atom stereocenters. The maximum atomic E-state index is 6.20. The van der Waals surface area contributed by atoms with Crippen LogP contribution in [0.2, 0.25) is 10.0 Å². The van der Waals surface area contributed by atoms with Gasteiger partial charge < -0.3 is 4.57 Å². The molecule has 0 aliphatic carbocycles.